The number of benzene rings is 2. The number of carbonyl (C=O) groups excluding carboxylic acids is 1. The molecular weight excluding hydrogens is 436 g/mol. The van der Waals surface area contributed by atoms with Gasteiger partial charge in [0.25, 0.3) is 15.9 Å². The zero-order valence-electron chi connectivity index (χ0n) is 15.2. The number of nitrogens with zero attached hydrogens (tertiary/aromatic N) is 1. The molecule has 5 atom stereocenters. The predicted molar refractivity (Wildman–Crippen MR) is 107 cm³/mol. The summed E-state index contributed by atoms with van der Waals surface area (Å²) in [7, 11) is -4.26. The molecule has 5 N–H and O–H groups in total. The van der Waals surface area contributed by atoms with Gasteiger partial charge >= 0.3 is 0 Å². The first-order chi connectivity index (χ1) is 14.2. The molecule has 0 radical (unpaired) electrons. The fourth-order valence-corrected chi connectivity index (χ4v) is 5.96. The van der Waals surface area contributed by atoms with Gasteiger partial charge in [-0.1, -0.05) is 36.4 Å². The van der Waals surface area contributed by atoms with E-state index in [4.69, 9.17) is 4.74 Å². The summed E-state index contributed by atoms with van der Waals surface area (Å²) in [5, 5.41) is 42.6. The van der Waals surface area contributed by atoms with E-state index < -0.39 is 51.9 Å². The van der Waals surface area contributed by atoms with Crippen molar-refractivity contribution in [2.75, 3.05) is 6.61 Å². The lowest BCUT2D eigenvalue weighted by Gasteiger charge is -2.43. The van der Waals surface area contributed by atoms with Crippen molar-refractivity contribution in [1.82, 2.24) is 5.32 Å². The third kappa shape index (κ3) is 3.30. The zero-order valence-corrected chi connectivity index (χ0v) is 16.9. The van der Waals surface area contributed by atoms with Crippen molar-refractivity contribution in [2.24, 2.45) is 4.40 Å². The van der Waals surface area contributed by atoms with Gasteiger partial charge in [-0.25, -0.2) is 0 Å². The third-order valence-corrected chi connectivity index (χ3v) is 7.63. The van der Waals surface area contributed by atoms with Crippen LogP contribution in [0.2, 0.25) is 0 Å². The van der Waals surface area contributed by atoms with E-state index in [1.807, 2.05) is 0 Å². The molecule has 2 aliphatic rings. The minimum atomic E-state index is -4.26. The second-order valence-electron chi connectivity index (χ2n) is 6.84. The quantitative estimate of drug-likeness (QED) is 0.388. The number of aliphatic hydroxyl groups excluding tert-OH is 4. The maximum Gasteiger partial charge on any atom is 0.285 e. The molecule has 30 heavy (non-hydrogen) atoms. The minimum absolute atomic E-state index is 0.0716. The predicted octanol–water partition coefficient (Wildman–Crippen LogP) is -1.08. The highest BCUT2D eigenvalue weighted by Crippen LogP contribution is 2.43. The molecule has 2 aromatic carbocycles. The molecule has 2 aliphatic heterocycles. The highest BCUT2D eigenvalue weighted by atomic mass is 32.2. The van der Waals surface area contributed by atoms with Gasteiger partial charge in [0.15, 0.2) is 5.17 Å². The molecule has 2 fully saturated rings. The smallest absolute Gasteiger partial charge is 0.285 e. The Kier molecular flexibility index (Phi) is 5.34. The van der Waals surface area contributed by atoms with Crippen molar-refractivity contribution in [3.63, 3.8) is 0 Å². The highest BCUT2D eigenvalue weighted by Gasteiger charge is 2.62. The van der Waals surface area contributed by atoms with E-state index in [9.17, 15) is 33.6 Å². The number of aliphatic hydroxyl groups is 4. The lowest BCUT2D eigenvalue weighted by molar-refractivity contribution is -0.236. The lowest BCUT2D eigenvalue weighted by atomic mass is 9.94. The molecule has 0 bridgehead atoms. The van der Waals surface area contributed by atoms with Crippen LogP contribution >= 0.6 is 11.8 Å². The van der Waals surface area contributed by atoms with Crippen LogP contribution in [0.1, 0.15) is 0 Å². The van der Waals surface area contributed by atoms with Crippen molar-refractivity contribution in [3.05, 3.63) is 42.5 Å². The normalized spacial score (nSPS) is 33.3. The fraction of sp³-hybridized carbons (Fsp3) is 0.333. The van der Waals surface area contributed by atoms with Gasteiger partial charge in [0, 0.05) is 5.39 Å². The van der Waals surface area contributed by atoms with Crippen LogP contribution in [0.15, 0.2) is 51.8 Å². The Morgan fingerprint density at radius 3 is 2.53 bits per heavy atom. The molecule has 0 aromatic heterocycles. The Hall–Kier alpha value is -2.06. The SMILES string of the molecule is O=C1N/C(=N/S(=O)(=O)c2cccc3ccccc23)S[C@@]12O[C@H](CO)[C@@H](O)[C@H](O)[C@H]2O. The van der Waals surface area contributed by atoms with E-state index in [1.165, 1.54) is 6.07 Å². The van der Waals surface area contributed by atoms with Crippen molar-refractivity contribution in [2.45, 2.75) is 34.2 Å². The molecule has 0 aliphatic carbocycles. The van der Waals surface area contributed by atoms with Gasteiger partial charge in [0.1, 0.15) is 24.4 Å². The number of amidine groups is 1. The molecule has 2 aromatic rings. The van der Waals surface area contributed by atoms with Gasteiger partial charge in [-0.05, 0) is 23.2 Å². The average molecular weight is 454 g/mol. The Bertz CT molecular complexity index is 1130. The van der Waals surface area contributed by atoms with Crippen molar-refractivity contribution < 1.29 is 38.4 Å². The van der Waals surface area contributed by atoms with Crippen LogP contribution < -0.4 is 5.32 Å². The molecule has 12 heteroatoms. The number of fused-ring (bicyclic) bond motifs is 1. The summed E-state index contributed by atoms with van der Waals surface area (Å²) in [5.74, 6) is -0.962. The summed E-state index contributed by atoms with van der Waals surface area (Å²) in [6, 6.07) is 11.5. The third-order valence-electron chi connectivity index (χ3n) is 4.97. The molecule has 0 saturated carbocycles. The number of ether oxygens (including phenoxy) is 1. The Labute approximate surface area is 175 Å². The van der Waals surface area contributed by atoms with Gasteiger partial charge in [0.05, 0.1) is 11.5 Å². The van der Waals surface area contributed by atoms with Crippen LogP contribution in [0.25, 0.3) is 10.8 Å². The summed E-state index contributed by atoms with van der Waals surface area (Å²) < 4.78 is 34.9. The Morgan fingerprint density at radius 1 is 1.10 bits per heavy atom. The number of sulfonamides is 1. The monoisotopic (exact) mass is 454 g/mol. The van der Waals surface area contributed by atoms with Gasteiger partial charge in [0.2, 0.25) is 4.93 Å². The van der Waals surface area contributed by atoms with Gasteiger partial charge < -0.3 is 30.5 Å². The van der Waals surface area contributed by atoms with E-state index in [-0.39, 0.29) is 10.1 Å². The summed E-state index contributed by atoms with van der Waals surface area (Å²) in [4.78, 5) is 10.3. The molecule has 1 spiro atoms. The zero-order chi connectivity index (χ0) is 21.7. The standard InChI is InChI=1S/C18H18N2O8S2/c21-8-11-13(22)14(23)15(24)18(28-11)16(25)19-17(29-18)20-30(26,27)12-7-3-5-9-4-1-2-6-10(9)12/h1-7,11,13-15,21-24H,8H2,(H,19,20,25)/t11-,13-,14+,15-,18-/m1/s1. The number of hydrogen-bond donors (Lipinski definition) is 5. The second kappa shape index (κ2) is 7.57. The summed E-state index contributed by atoms with van der Waals surface area (Å²) in [6.07, 6.45) is -6.70. The van der Waals surface area contributed by atoms with Crippen LogP contribution in [0.4, 0.5) is 0 Å². The first-order valence-electron chi connectivity index (χ1n) is 8.85. The van der Waals surface area contributed by atoms with Crippen molar-refractivity contribution in [3.8, 4) is 0 Å². The first kappa shape index (κ1) is 21.2. The number of hydrogen-bond acceptors (Lipinski definition) is 9. The summed E-state index contributed by atoms with van der Waals surface area (Å²) in [6.45, 7) is -0.735. The Balaban J connectivity index is 1.71. The number of rotatable bonds is 3. The first-order valence-corrected chi connectivity index (χ1v) is 11.1. The van der Waals surface area contributed by atoms with Crippen LogP contribution in [0.5, 0.6) is 0 Å². The van der Waals surface area contributed by atoms with E-state index in [0.717, 1.165) is 0 Å². The molecule has 10 nitrogen and oxygen atoms in total. The van der Waals surface area contributed by atoms with Gasteiger partial charge in [-0.15, -0.1) is 4.40 Å². The van der Waals surface area contributed by atoms with E-state index in [2.05, 4.69) is 9.71 Å². The molecular formula is C18H18N2O8S2. The molecule has 1 amide bonds. The lowest BCUT2D eigenvalue weighted by Crippen LogP contribution is -2.66. The molecule has 0 unspecified atom stereocenters. The van der Waals surface area contributed by atoms with Gasteiger partial charge in [-0.2, -0.15) is 8.42 Å². The summed E-state index contributed by atoms with van der Waals surface area (Å²) in [5.41, 5.74) is 0. The molecule has 2 heterocycles. The number of nitrogens with one attached hydrogen (secondary N) is 1. The molecule has 4 rings (SSSR count). The highest BCUT2D eigenvalue weighted by molar-refractivity contribution is 8.16. The maximum atomic E-state index is 12.9. The van der Waals surface area contributed by atoms with Crippen molar-refractivity contribution in [1.29, 1.82) is 0 Å². The van der Waals surface area contributed by atoms with E-state index >= 15 is 0 Å². The Morgan fingerprint density at radius 2 is 1.80 bits per heavy atom. The fourth-order valence-electron chi connectivity index (χ4n) is 3.43. The second-order valence-corrected chi connectivity index (χ2v) is 9.61. The van der Waals surface area contributed by atoms with Crippen LogP contribution in [0.3, 0.4) is 0 Å². The number of amides is 1. The van der Waals surface area contributed by atoms with Crippen LogP contribution in [-0.4, -0.2) is 75.9 Å². The average Bonchev–Trinajstić information content (AvgIpc) is 3.03. The molecule has 160 valence electrons. The number of carbonyl (C=O) groups is 1. The van der Waals surface area contributed by atoms with Gasteiger partial charge in [-0.3, -0.25) is 4.79 Å². The van der Waals surface area contributed by atoms with Crippen molar-refractivity contribution >= 4 is 43.6 Å². The van der Waals surface area contributed by atoms with Crippen LogP contribution in [0, 0.1) is 0 Å². The topological polar surface area (TPSA) is 166 Å². The summed E-state index contributed by atoms with van der Waals surface area (Å²) >= 11 is 0.458. The number of thioether (sulfide) groups is 1. The largest absolute Gasteiger partial charge is 0.394 e. The van der Waals surface area contributed by atoms with E-state index in [1.54, 1.807) is 36.4 Å². The molecule has 2 saturated heterocycles. The minimum Gasteiger partial charge on any atom is -0.394 e. The van der Waals surface area contributed by atoms with Crippen LogP contribution in [-0.2, 0) is 19.6 Å². The van der Waals surface area contributed by atoms with E-state index in [0.29, 0.717) is 22.5 Å². The maximum absolute atomic E-state index is 12.9.